The molecule has 4 heterocycles. The average molecular weight is 672 g/mol. The van der Waals surface area contributed by atoms with Gasteiger partial charge in [-0.25, -0.2) is 0 Å². The third-order valence-electron chi connectivity index (χ3n) is 11.9. The summed E-state index contributed by atoms with van der Waals surface area (Å²) in [6.07, 6.45) is 0. The molecule has 0 saturated heterocycles. The lowest BCUT2D eigenvalue weighted by atomic mass is 9.99. The largest absolute Gasteiger partial charge is 0.308 e. The zero-order chi connectivity index (χ0) is 34.4. The normalized spacial score (nSPS) is 12.5. The SMILES string of the molecule is c1ccc(N(c2ccccc2)c2c3ccccc3cc3c4cccc5c6cc7c(cc6n(c23)c54)c2c3ccccc3cc3c4ccccc4n7c32)cc1. The molecule has 13 rings (SSSR count). The van der Waals surface area contributed by atoms with Crippen LogP contribution >= 0.6 is 0 Å². The first kappa shape index (κ1) is 27.6. The number of nitrogens with zero attached hydrogens (tertiary/aromatic N) is 3. The van der Waals surface area contributed by atoms with Gasteiger partial charge in [-0.2, -0.15) is 0 Å². The predicted octanol–water partition coefficient (Wildman–Crippen LogP) is 13.8. The van der Waals surface area contributed by atoms with E-state index in [1.54, 1.807) is 0 Å². The fourth-order valence-corrected chi connectivity index (χ4v) is 9.79. The van der Waals surface area contributed by atoms with E-state index in [1.165, 1.54) is 103 Å². The zero-order valence-electron chi connectivity index (χ0n) is 28.6. The molecular formula is C50H29N3. The van der Waals surface area contributed by atoms with E-state index in [4.69, 9.17) is 0 Å². The number of hydrogen-bond donors (Lipinski definition) is 0. The van der Waals surface area contributed by atoms with Crippen LogP contribution in [0.25, 0.3) is 97.7 Å². The molecule has 0 radical (unpaired) electrons. The van der Waals surface area contributed by atoms with Crippen LogP contribution in [0, 0.1) is 0 Å². The number of rotatable bonds is 3. The van der Waals surface area contributed by atoms with E-state index < -0.39 is 0 Å². The molecule has 0 saturated carbocycles. The van der Waals surface area contributed by atoms with Crippen molar-refractivity contribution in [2.24, 2.45) is 0 Å². The lowest BCUT2D eigenvalue weighted by molar-refractivity contribution is 1.28. The Hall–Kier alpha value is -7.10. The van der Waals surface area contributed by atoms with Crippen molar-refractivity contribution >= 4 is 115 Å². The molecule has 0 aliphatic carbocycles. The second-order valence-corrected chi connectivity index (χ2v) is 14.5. The van der Waals surface area contributed by atoms with Crippen molar-refractivity contribution in [3.63, 3.8) is 0 Å². The third kappa shape index (κ3) is 3.40. The second-order valence-electron chi connectivity index (χ2n) is 14.5. The maximum Gasteiger partial charge on any atom is 0.0789 e. The minimum absolute atomic E-state index is 1.13. The van der Waals surface area contributed by atoms with Gasteiger partial charge in [0.15, 0.2) is 0 Å². The summed E-state index contributed by atoms with van der Waals surface area (Å²) >= 11 is 0. The summed E-state index contributed by atoms with van der Waals surface area (Å²) in [7, 11) is 0. The fourth-order valence-electron chi connectivity index (χ4n) is 9.79. The maximum absolute atomic E-state index is 2.59. The smallest absolute Gasteiger partial charge is 0.0789 e. The van der Waals surface area contributed by atoms with E-state index in [0.29, 0.717) is 0 Å². The number of benzene rings is 9. The van der Waals surface area contributed by atoms with Gasteiger partial charge in [0.1, 0.15) is 0 Å². The van der Waals surface area contributed by atoms with E-state index in [1.807, 2.05) is 0 Å². The monoisotopic (exact) mass is 671 g/mol. The number of fused-ring (bicyclic) bond motifs is 15. The summed E-state index contributed by atoms with van der Waals surface area (Å²) in [4.78, 5) is 2.46. The highest BCUT2D eigenvalue weighted by Gasteiger charge is 2.27. The molecule has 9 aromatic carbocycles. The maximum atomic E-state index is 2.59. The third-order valence-corrected chi connectivity index (χ3v) is 11.9. The van der Waals surface area contributed by atoms with Crippen molar-refractivity contribution in [2.45, 2.75) is 0 Å². The van der Waals surface area contributed by atoms with Crippen LogP contribution in [0.5, 0.6) is 0 Å². The van der Waals surface area contributed by atoms with Crippen LogP contribution in [-0.2, 0) is 0 Å². The first-order valence-electron chi connectivity index (χ1n) is 18.4. The highest BCUT2D eigenvalue weighted by molar-refractivity contribution is 6.34. The lowest BCUT2D eigenvalue weighted by Crippen LogP contribution is -2.11. The quantitative estimate of drug-likeness (QED) is 0.182. The Bertz CT molecular complexity index is 3570. The molecule has 0 bridgehead atoms. The molecule has 0 aliphatic rings. The molecule has 4 aromatic heterocycles. The molecule has 0 unspecified atom stereocenters. The van der Waals surface area contributed by atoms with E-state index in [0.717, 1.165) is 11.4 Å². The molecule has 0 aliphatic heterocycles. The topological polar surface area (TPSA) is 12.1 Å². The predicted molar refractivity (Wildman–Crippen MR) is 225 cm³/mol. The van der Waals surface area contributed by atoms with Crippen LogP contribution in [0.3, 0.4) is 0 Å². The van der Waals surface area contributed by atoms with Crippen molar-refractivity contribution in [3.05, 3.63) is 176 Å². The van der Waals surface area contributed by atoms with Crippen LogP contribution < -0.4 is 4.90 Å². The highest BCUT2D eigenvalue weighted by atomic mass is 15.2. The first-order chi connectivity index (χ1) is 26.3. The van der Waals surface area contributed by atoms with Crippen molar-refractivity contribution in [2.75, 3.05) is 4.90 Å². The fraction of sp³-hybridized carbons (Fsp3) is 0. The van der Waals surface area contributed by atoms with Crippen molar-refractivity contribution < 1.29 is 0 Å². The molecular weight excluding hydrogens is 643 g/mol. The number of para-hydroxylation sites is 4. The van der Waals surface area contributed by atoms with Gasteiger partial charge in [-0.1, -0.05) is 121 Å². The van der Waals surface area contributed by atoms with E-state index in [2.05, 4.69) is 190 Å². The van der Waals surface area contributed by atoms with Crippen LogP contribution in [0.2, 0.25) is 0 Å². The molecule has 244 valence electrons. The Kier molecular flexibility index (Phi) is 5.11. The highest BCUT2D eigenvalue weighted by Crippen LogP contribution is 2.50. The summed E-state index contributed by atoms with van der Waals surface area (Å²) in [5, 5.41) is 15.4. The van der Waals surface area contributed by atoms with Crippen molar-refractivity contribution in [1.82, 2.24) is 8.80 Å². The van der Waals surface area contributed by atoms with Gasteiger partial charge in [0.05, 0.1) is 38.8 Å². The molecule has 0 spiro atoms. The Labute approximate surface area is 303 Å². The summed E-state index contributed by atoms with van der Waals surface area (Å²) in [6, 6.07) is 65.0. The Morgan fingerprint density at radius 1 is 0.302 bits per heavy atom. The molecule has 3 heteroatoms. The molecule has 0 amide bonds. The molecule has 13 aromatic rings. The van der Waals surface area contributed by atoms with Gasteiger partial charge in [0, 0.05) is 59.9 Å². The molecule has 0 fully saturated rings. The van der Waals surface area contributed by atoms with Gasteiger partial charge in [0.2, 0.25) is 0 Å². The van der Waals surface area contributed by atoms with Gasteiger partial charge < -0.3 is 13.7 Å². The molecule has 53 heavy (non-hydrogen) atoms. The van der Waals surface area contributed by atoms with Gasteiger partial charge in [-0.15, -0.1) is 0 Å². The average Bonchev–Trinajstić information content (AvgIpc) is 3.94. The van der Waals surface area contributed by atoms with Gasteiger partial charge in [0.25, 0.3) is 0 Å². The summed E-state index contributed by atoms with van der Waals surface area (Å²) in [5.74, 6) is 0. The van der Waals surface area contributed by atoms with E-state index in [-0.39, 0.29) is 0 Å². The number of aromatic nitrogens is 2. The second kappa shape index (κ2) is 9.81. The standard InChI is InChI=1S/C50H29N3/c1-3-16-32(17-4-1)51(33-18-5-2-6-19-33)49-35-21-10-8-15-31(35)27-41-38-24-13-23-37-39-28-45-42(29-44(39)53(47(37)38)50(41)49)46-34-20-9-7-14-30(34)26-40-36-22-11-12-25-43(36)52(45)48(40)46/h1-29H. The molecule has 0 N–H and O–H groups in total. The van der Waals surface area contributed by atoms with Gasteiger partial charge in [-0.3, -0.25) is 0 Å². The van der Waals surface area contributed by atoms with E-state index in [9.17, 15) is 0 Å². The Balaban J connectivity index is 1.29. The number of hydrogen-bond acceptors (Lipinski definition) is 1. The van der Waals surface area contributed by atoms with Crippen LogP contribution in [0.15, 0.2) is 176 Å². The zero-order valence-corrected chi connectivity index (χ0v) is 28.6. The van der Waals surface area contributed by atoms with Crippen molar-refractivity contribution in [3.8, 4) is 0 Å². The van der Waals surface area contributed by atoms with E-state index >= 15 is 0 Å². The van der Waals surface area contributed by atoms with Crippen LogP contribution in [0.1, 0.15) is 0 Å². The Morgan fingerprint density at radius 3 is 1.57 bits per heavy atom. The Morgan fingerprint density at radius 2 is 0.830 bits per heavy atom. The van der Waals surface area contributed by atoms with Gasteiger partial charge >= 0.3 is 0 Å². The van der Waals surface area contributed by atoms with Crippen LogP contribution in [-0.4, -0.2) is 8.80 Å². The summed E-state index contributed by atoms with van der Waals surface area (Å²) in [5.41, 5.74) is 11.0. The molecule has 3 nitrogen and oxygen atoms in total. The van der Waals surface area contributed by atoms with Crippen molar-refractivity contribution in [1.29, 1.82) is 0 Å². The van der Waals surface area contributed by atoms with Gasteiger partial charge in [-0.05, 0) is 70.8 Å². The molecule has 0 atom stereocenters. The summed E-state index contributed by atoms with van der Waals surface area (Å²) in [6.45, 7) is 0. The minimum Gasteiger partial charge on any atom is -0.308 e. The first-order valence-corrected chi connectivity index (χ1v) is 18.4. The lowest BCUT2D eigenvalue weighted by Gasteiger charge is -2.28. The minimum atomic E-state index is 1.13. The number of anilines is 3. The van der Waals surface area contributed by atoms with Crippen LogP contribution in [0.4, 0.5) is 17.1 Å². The summed E-state index contributed by atoms with van der Waals surface area (Å²) < 4.78 is 5.11.